The highest BCUT2D eigenvalue weighted by Gasteiger charge is 2.27. The van der Waals surface area contributed by atoms with Gasteiger partial charge in [0.15, 0.2) is 0 Å². The lowest BCUT2D eigenvalue weighted by Crippen LogP contribution is -2.21. The van der Waals surface area contributed by atoms with Crippen molar-refractivity contribution >= 4 is 21.4 Å². The zero-order valence-corrected chi connectivity index (χ0v) is 12.9. The molecule has 0 saturated heterocycles. The van der Waals surface area contributed by atoms with E-state index < -0.39 is 0 Å². The van der Waals surface area contributed by atoms with E-state index in [0.717, 1.165) is 29.7 Å². The van der Waals surface area contributed by atoms with Gasteiger partial charge in [-0.1, -0.05) is 13.0 Å². The number of nitrogens with zero attached hydrogens (tertiary/aromatic N) is 1. The Kier molecular flexibility index (Phi) is 4.06. The molecule has 0 atom stereocenters. The maximum Gasteiger partial charge on any atom is 0.132 e. The number of benzene rings is 1. The van der Waals surface area contributed by atoms with Crippen LogP contribution in [0.5, 0.6) is 0 Å². The second kappa shape index (κ2) is 5.80. The zero-order chi connectivity index (χ0) is 14.1. The molecule has 1 aliphatic carbocycles. The van der Waals surface area contributed by atoms with Crippen LogP contribution in [0, 0.1) is 5.82 Å². The Morgan fingerprint density at radius 2 is 2.20 bits per heavy atom. The fraction of sp³-hybridized carbons (Fsp3) is 0.500. The van der Waals surface area contributed by atoms with Crippen molar-refractivity contribution in [2.45, 2.75) is 38.9 Å². The molecule has 0 bridgehead atoms. The molecule has 1 aromatic carbocycles. The fourth-order valence-corrected chi connectivity index (χ4v) is 3.86. The molecule has 1 saturated carbocycles. The van der Waals surface area contributed by atoms with Crippen LogP contribution in [0.1, 0.15) is 30.2 Å². The molecule has 2 nitrogen and oxygen atoms in total. The number of nitrogens with one attached hydrogen (secondary N) is 1. The van der Waals surface area contributed by atoms with Gasteiger partial charge in [0.05, 0.1) is 0 Å². The van der Waals surface area contributed by atoms with Crippen LogP contribution in [0.2, 0.25) is 0 Å². The van der Waals surface area contributed by atoms with Crippen molar-refractivity contribution in [3.05, 3.63) is 34.5 Å². The second-order valence-electron chi connectivity index (χ2n) is 5.54. The second-order valence-corrected chi connectivity index (χ2v) is 6.68. The molecule has 3 rings (SSSR count). The van der Waals surface area contributed by atoms with Crippen molar-refractivity contribution in [2.24, 2.45) is 0 Å². The van der Waals surface area contributed by atoms with Crippen LogP contribution in [0.25, 0.3) is 10.1 Å². The number of rotatable bonds is 6. The van der Waals surface area contributed by atoms with Gasteiger partial charge >= 0.3 is 0 Å². The molecular weight excluding hydrogens is 271 g/mol. The van der Waals surface area contributed by atoms with Crippen LogP contribution < -0.4 is 5.32 Å². The van der Waals surface area contributed by atoms with Gasteiger partial charge in [-0.05, 0) is 44.1 Å². The first-order chi connectivity index (χ1) is 9.70. The molecule has 1 fully saturated rings. The summed E-state index contributed by atoms with van der Waals surface area (Å²) >= 11 is 1.72. The van der Waals surface area contributed by atoms with Crippen molar-refractivity contribution in [2.75, 3.05) is 13.6 Å². The highest BCUT2D eigenvalue weighted by atomic mass is 32.1. The topological polar surface area (TPSA) is 15.3 Å². The Bertz CT molecular complexity index is 604. The predicted molar refractivity (Wildman–Crippen MR) is 83.7 cm³/mol. The van der Waals surface area contributed by atoms with Gasteiger partial charge in [0.2, 0.25) is 0 Å². The first kappa shape index (κ1) is 14.0. The smallest absolute Gasteiger partial charge is 0.132 e. The molecule has 108 valence electrons. The van der Waals surface area contributed by atoms with E-state index in [-0.39, 0.29) is 5.82 Å². The fourth-order valence-electron chi connectivity index (χ4n) is 2.66. The quantitative estimate of drug-likeness (QED) is 0.872. The molecular formula is C16H21FN2S. The SMILES string of the molecule is CCNCc1sc2cccc(F)c2c1CN(C)C1CC1. The monoisotopic (exact) mass is 292 g/mol. The standard InChI is InChI=1S/C16H21FN2S/c1-3-18-9-15-12(10-19(2)11-7-8-11)16-13(17)5-4-6-14(16)20-15/h4-6,11,18H,3,7-10H2,1-2H3. The minimum Gasteiger partial charge on any atom is -0.312 e. The minimum atomic E-state index is -0.0827. The number of hydrogen-bond acceptors (Lipinski definition) is 3. The van der Waals surface area contributed by atoms with E-state index in [1.165, 1.54) is 23.3 Å². The summed E-state index contributed by atoms with van der Waals surface area (Å²) in [6.07, 6.45) is 2.56. The Morgan fingerprint density at radius 1 is 1.40 bits per heavy atom. The van der Waals surface area contributed by atoms with Gasteiger partial charge in [-0.25, -0.2) is 4.39 Å². The lowest BCUT2D eigenvalue weighted by molar-refractivity contribution is 0.316. The Labute approximate surface area is 123 Å². The molecule has 1 aromatic heterocycles. The highest BCUT2D eigenvalue weighted by Crippen LogP contribution is 2.36. The van der Waals surface area contributed by atoms with E-state index in [0.29, 0.717) is 6.04 Å². The average Bonchev–Trinajstić information content (AvgIpc) is 3.21. The largest absolute Gasteiger partial charge is 0.312 e. The van der Waals surface area contributed by atoms with Crippen molar-refractivity contribution in [1.82, 2.24) is 10.2 Å². The van der Waals surface area contributed by atoms with Gasteiger partial charge in [-0.15, -0.1) is 11.3 Å². The summed E-state index contributed by atoms with van der Waals surface area (Å²) in [5.74, 6) is -0.0827. The molecule has 0 unspecified atom stereocenters. The van der Waals surface area contributed by atoms with Gasteiger partial charge in [-0.2, -0.15) is 0 Å². The summed E-state index contributed by atoms with van der Waals surface area (Å²) in [4.78, 5) is 3.64. The normalized spacial score (nSPS) is 15.4. The molecule has 0 radical (unpaired) electrons. The maximum absolute atomic E-state index is 14.2. The third kappa shape index (κ3) is 2.73. The zero-order valence-electron chi connectivity index (χ0n) is 12.1. The Morgan fingerprint density at radius 3 is 2.90 bits per heavy atom. The van der Waals surface area contributed by atoms with Crippen molar-refractivity contribution in [3.63, 3.8) is 0 Å². The first-order valence-corrected chi connectivity index (χ1v) is 8.12. The van der Waals surface area contributed by atoms with Crippen molar-refractivity contribution in [1.29, 1.82) is 0 Å². The predicted octanol–water partition coefficient (Wildman–Crippen LogP) is 3.74. The third-order valence-electron chi connectivity index (χ3n) is 3.96. The van der Waals surface area contributed by atoms with E-state index in [1.807, 2.05) is 6.07 Å². The molecule has 1 aliphatic rings. The molecule has 1 N–H and O–H groups in total. The van der Waals surface area contributed by atoms with Crippen LogP contribution >= 0.6 is 11.3 Å². The maximum atomic E-state index is 14.2. The van der Waals surface area contributed by atoms with E-state index in [9.17, 15) is 4.39 Å². The van der Waals surface area contributed by atoms with Crippen LogP contribution in [0.15, 0.2) is 18.2 Å². The van der Waals surface area contributed by atoms with Crippen LogP contribution in [-0.2, 0) is 13.1 Å². The van der Waals surface area contributed by atoms with Gasteiger partial charge in [0.1, 0.15) is 5.82 Å². The molecule has 2 aromatic rings. The Hall–Kier alpha value is -0.970. The molecule has 0 spiro atoms. The molecule has 1 heterocycles. The van der Waals surface area contributed by atoms with Crippen molar-refractivity contribution in [3.8, 4) is 0 Å². The molecule has 4 heteroatoms. The van der Waals surface area contributed by atoms with Gasteiger partial charge in [0.25, 0.3) is 0 Å². The van der Waals surface area contributed by atoms with E-state index >= 15 is 0 Å². The molecule has 0 amide bonds. The van der Waals surface area contributed by atoms with Crippen LogP contribution in [-0.4, -0.2) is 24.5 Å². The summed E-state index contributed by atoms with van der Waals surface area (Å²) in [5.41, 5.74) is 1.18. The lowest BCUT2D eigenvalue weighted by atomic mass is 10.1. The molecule has 0 aliphatic heterocycles. The summed E-state index contributed by atoms with van der Waals surface area (Å²) in [7, 11) is 2.15. The number of thiophene rings is 1. The number of fused-ring (bicyclic) bond motifs is 1. The van der Waals surface area contributed by atoms with Gasteiger partial charge in [-0.3, -0.25) is 4.90 Å². The van der Waals surface area contributed by atoms with Crippen LogP contribution in [0.3, 0.4) is 0 Å². The minimum absolute atomic E-state index is 0.0827. The average molecular weight is 292 g/mol. The van der Waals surface area contributed by atoms with E-state index in [4.69, 9.17) is 0 Å². The van der Waals surface area contributed by atoms with Crippen LogP contribution in [0.4, 0.5) is 4.39 Å². The van der Waals surface area contributed by atoms with E-state index in [2.05, 4.69) is 24.2 Å². The van der Waals surface area contributed by atoms with E-state index in [1.54, 1.807) is 23.5 Å². The van der Waals surface area contributed by atoms with Gasteiger partial charge in [0, 0.05) is 34.1 Å². The number of hydrogen-bond donors (Lipinski definition) is 1. The van der Waals surface area contributed by atoms with Crippen molar-refractivity contribution < 1.29 is 4.39 Å². The Balaban J connectivity index is 1.99. The summed E-state index contributed by atoms with van der Waals surface area (Å²) < 4.78 is 15.3. The van der Waals surface area contributed by atoms with Gasteiger partial charge < -0.3 is 5.32 Å². The summed E-state index contributed by atoms with van der Waals surface area (Å²) in [6, 6.07) is 6.11. The number of halogens is 1. The first-order valence-electron chi connectivity index (χ1n) is 7.30. The highest BCUT2D eigenvalue weighted by molar-refractivity contribution is 7.19. The summed E-state index contributed by atoms with van der Waals surface area (Å²) in [5, 5.41) is 4.20. The summed E-state index contributed by atoms with van der Waals surface area (Å²) in [6.45, 7) is 4.73. The lowest BCUT2D eigenvalue weighted by Gasteiger charge is -2.16. The third-order valence-corrected chi connectivity index (χ3v) is 5.16. The molecule has 20 heavy (non-hydrogen) atoms.